The van der Waals surface area contributed by atoms with E-state index < -0.39 is 40.8 Å². The van der Waals surface area contributed by atoms with Gasteiger partial charge in [-0.2, -0.15) is 0 Å². The first-order chi connectivity index (χ1) is 16.5. The molecule has 3 rings (SSSR count). The van der Waals surface area contributed by atoms with Crippen LogP contribution in [0.25, 0.3) is 0 Å². The number of nitrogens with one attached hydrogen (secondary N) is 2. The SMILES string of the molecule is C=CCNC(=O)O[C@@H]1CC[C@]2(C)[C@@H](CC[C@@H](O)[C@H]2CC(=O)NCc2cc(F)cc(F)c2)[C@]1(C)CO. The summed E-state index contributed by atoms with van der Waals surface area (Å²) >= 11 is 0. The molecule has 0 aromatic heterocycles. The highest BCUT2D eigenvalue weighted by Gasteiger charge is 2.60. The highest BCUT2D eigenvalue weighted by molar-refractivity contribution is 5.76. The molecule has 0 unspecified atom stereocenters. The molecule has 6 atom stereocenters. The normalized spacial score (nSPS) is 32.3. The number of carbonyl (C=O) groups excluding carboxylic acids is 2. The number of benzene rings is 1. The lowest BCUT2D eigenvalue weighted by Crippen LogP contribution is -2.61. The van der Waals surface area contributed by atoms with Crippen LogP contribution in [0.5, 0.6) is 0 Å². The van der Waals surface area contributed by atoms with E-state index in [2.05, 4.69) is 17.2 Å². The molecule has 2 aliphatic rings. The van der Waals surface area contributed by atoms with Crippen LogP contribution in [-0.4, -0.2) is 47.6 Å². The summed E-state index contributed by atoms with van der Waals surface area (Å²) in [6.07, 6.45) is 1.98. The first-order valence-electron chi connectivity index (χ1n) is 12.1. The zero-order valence-electron chi connectivity index (χ0n) is 20.4. The number of fused-ring (bicyclic) bond motifs is 1. The Morgan fingerprint density at radius 2 is 1.86 bits per heavy atom. The molecule has 194 valence electrons. The standard InChI is InChI=1S/C26H36F2N2O5/c1-4-9-29-24(34)35-22-7-8-25(2)19(20(32)5-6-21(25)26(22,3)15-31)13-23(33)30-14-16-10-17(27)12-18(28)11-16/h4,10-12,19-22,31-32H,1,5-9,13-15H2,2-3H3,(H,29,34)(H,30,33)/t19-,20-,21-,22-,25+,26+/m1/s1. The summed E-state index contributed by atoms with van der Waals surface area (Å²) in [6, 6.07) is 3.09. The van der Waals surface area contributed by atoms with Gasteiger partial charge in [-0.1, -0.05) is 19.9 Å². The van der Waals surface area contributed by atoms with Crippen molar-refractivity contribution in [2.75, 3.05) is 13.2 Å². The largest absolute Gasteiger partial charge is 0.446 e. The van der Waals surface area contributed by atoms with E-state index in [1.807, 2.05) is 13.8 Å². The number of aliphatic hydroxyl groups is 2. The first-order valence-corrected chi connectivity index (χ1v) is 12.1. The van der Waals surface area contributed by atoms with Crippen LogP contribution in [0, 0.1) is 34.3 Å². The Kier molecular flexibility index (Phi) is 8.54. The second-order valence-electron chi connectivity index (χ2n) is 10.3. The minimum absolute atomic E-state index is 0.0272. The maximum atomic E-state index is 13.4. The number of alkyl carbamates (subject to hydrolysis) is 1. The Labute approximate surface area is 204 Å². The maximum Gasteiger partial charge on any atom is 0.407 e. The zero-order valence-corrected chi connectivity index (χ0v) is 20.4. The lowest BCUT2D eigenvalue weighted by molar-refractivity contribution is -0.185. The minimum atomic E-state index is -0.744. The first kappa shape index (κ1) is 27.1. The monoisotopic (exact) mass is 494 g/mol. The van der Waals surface area contributed by atoms with Crippen molar-refractivity contribution in [3.63, 3.8) is 0 Å². The van der Waals surface area contributed by atoms with Gasteiger partial charge in [-0.3, -0.25) is 4.79 Å². The Balaban J connectivity index is 1.72. The summed E-state index contributed by atoms with van der Waals surface area (Å²) in [5.41, 5.74) is -0.911. The highest BCUT2D eigenvalue weighted by Crippen LogP contribution is 2.61. The molecular weight excluding hydrogens is 458 g/mol. The Morgan fingerprint density at radius 3 is 2.49 bits per heavy atom. The number of amides is 2. The van der Waals surface area contributed by atoms with Crippen molar-refractivity contribution in [3.8, 4) is 0 Å². The summed E-state index contributed by atoms with van der Waals surface area (Å²) in [5, 5.41) is 26.6. The summed E-state index contributed by atoms with van der Waals surface area (Å²) in [4.78, 5) is 25.0. The topological polar surface area (TPSA) is 108 Å². The van der Waals surface area contributed by atoms with Gasteiger partial charge in [0.2, 0.25) is 5.91 Å². The van der Waals surface area contributed by atoms with Gasteiger partial charge < -0.3 is 25.6 Å². The quantitative estimate of drug-likeness (QED) is 0.414. The third-order valence-corrected chi connectivity index (χ3v) is 8.13. The van der Waals surface area contributed by atoms with Crippen molar-refractivity contribution in [2.24, 2.45) is 22.7 Å². The summed E-state index contributed by atoms with van der Waals surface area (Å²) in [7, 11) is 0. The van der Waals surface area contributed by atoms with Crippen LogP contribution in [0.3, 0.4) is 0 Å². The van der Waals surface area contributed by atoms with E-state index in [1.54, 1.807) is 6.08 Å². The molecule has 1 aromatic carbocycles. The Morgan fingerprint density at radius 1 is 1.17 bits per heavy atom. The predicted octanol–water partition coefficient (Wildman–Crippen LogP) is 3.44. The fourth-order valence-electron chi connectivity index (χ4n) is 6.29. The molecule has 0 bridgehead atoms. The predicted molar refractivity (Wildman–Crippen MR) is 126 cm³/mol. The molecule has 2 saturated carbocycles. The van der Waals surface area contributed by atoms with Crippen molar-refractivity contribution in [1.82, 2.24) is 10.6 Å². The fourth-order valence-corrected chi connectivity index (χ4v) is 6.29. The number of ether oxygens (including phenoxy) is 1. The van der Waals surface area contributed by atoms with Gasteiger partial charge in [0.15, 0.2) is 0 Å². The number of carbonyl (C=O) groups is 2. The average molecular weight is 495 g/mol. The van der Waals surface area contributed by atoms with Crippen molar-refractivity contribution < 1.29 is 33.3 Å². The number of rotatable bonds is 8. The van der Waals surface area contributed by atoms with Gasteiger partial charge in [0.1, 0.15) is 17.7 Å². The van der Waals surface area contributed by atoms with Gasteiger partial charge in [-0.25, -0.2) is 13.6 Å². The third-order valence-electron chi connectivity index (χ3n) is 8.13. The average Bonchev–Trinajstić information content (AvgIpc) is 2.80. The van der Waals surface area contributed by atoms with Crippen molar-refractivity contribution in [2.45, 2.75) is 64.7 Å². The van der Waals surface area contributed by atoms with E-state index in [-0.39, 0.29) is 43.9 Å². The maximum absolute atomic E-state index is 13.4. The molecule has 1 aromatic rings. The van der Waals surface area contributed by atoms with Crippen LogP contribution in [-0.2, 0) is 16.1 Å². The van der Waals surface area contributed by atoms with E-state index in [1.165, 1.54) is 0 Å². The van der Waals surface area contributed by atoms with Gasteiger partial charge in [0, 0.05) is 31.0 Å². The van der Waals surface area contributed by atoms with E-state index in [9.17, 15) is 28.6 Å². The molecule has 7 nitrogen and oxygen atoms in total. The van der Waals surface area contributed by atoms with Gasteiger partial charge in [-0.15, -0.1) is 6.58 Å². The molecule has 9 heteroatoms. The van der Waals surface area contributed by atoms with Crippen LogP contribution < -0.4 is 10.6 Å². The lowest BCUT2D eigenvalue weighted by Gasteiger charge is -2.60. The van der Waals surface area contributed by atoms with Crippen molar-refractivity contribution in [1.29, 1.82) is 0 Å². The van der Waals surface area contributed by atoms with E-state index in [0.29, 0.717) is 31.2 Å². The van der Waals surface area contributed by atoms with Gasteiger partial charge >= 0.3 is 6.09 Å². The molecule has 35 heavy (non-hydrogen) atoms. The number of halogens is 2. The Hall–Kier alpha value is -2.52. The Bertz CT molecular complexity index is 924. The summed E-state index contributed by atoms with van der Waals surface area (Å²) in [6.45, 7) is 7.53. The molecule has 4 N–H and O–H groups in total. The van der Waals surface area contributed by atoms with Crippen molar-refractivity contribution >= 4 is 12.0 Å². The molecule has 2 aliphatic carbocycles. The van der Waals surface area contributed by atoms with E-state index >= 15 is 0 Å². The number of hydrogen-bond donors (Lipinski definition) is 4. The van der Waals surface area contributed by atoms with Gasteiger partial charge in [0.25, 0.3) is 0 Å². The smallest absolute Gasteiger partial charge is 0.407 e. The molecule has 2 fully saturated rings. The summed E-state index contributed by atoms with van der Waals surface area (Å²) < 4.78 is 32.6. The van der Waals surface area contributed by atoms with Crippen LogP contribution in [0.1, 0.15) is 51.5 Å². The highest BCUT2D eigenvalue weighted by atomic mass is 19.1. The van der Waals surface area contributed by atoms with Gasteiger partial charge in [-0.05, 0) is 60.6 Å². The molecule has 0 radical (unpaired) electrons. The number of hydrogen-bond acceptors (Lipinski definition) is 5. The molecular formula is C26H36F2N2O5. The minimum Gasteiger partial charge on any atom is -0.446 e. The molecule has 2 amide bonds. The lowest BCUT2D eigenvalue weighted by atomic mass is 9.46. The van der Waals surface area contributed by atoms with Crippen LogP contribution in [0.15, 0.2) is 30.9 Å². The van der Waals surface area contributed by atoms with Crippen LogP contribution in [0.4, 0.5) is 13.6 Å². The zero-order chi connectivity index (χ0) is 25.8. The van der Waals surface area contributed by atoms with Crippen LogP contribution >= 0.6 is 0 Å². The third kappa shape index (κ3) is 5.83. The molecule has 0 heterocycles. The second-order valence-corrected chi connectivity index (χ2v) is 10.3. The van der Waals surface area contributed by atoms with E-state index in [4.69, 9.17) is 4.74 Å². The molecule has 0 saturated heterocycles. The number of aliphatic hydroxyl groups excluding tert-OH is 2. The summed E-state index contributed by atoms with van der Waals surface area (Å²) in [5.74, 6) is -2.23. The second kappa shape index (κ2) is 11.0. The fraction of sp³-hybridized carbons (Fsp3) is 0.615. The van der Waals surface area contributed by atoms with Gasteiger partial charge in [0.05, 0.1) is 12.7 Å². The van der Waals surface area contributed by atoms with E-state index in [0.717, 1.165) is 18.2 Å². The van der Waals surface area contributed by atoms with Crippen LogP contribution in [0.2, 0.25) is 0 Å². The molecule has 0 aliphatic heterocycles. The van der Waals surface area contributed by atoms with Crippen molar-refractivity contribution in [3.05, 3.63) is 48.1 Å². The molecule has 0 spiro atoms.